The summed E-state index contributed by atoms with van der Waals surface area (Å²) in [6, 6.07) is 9.49. The molecule has 0 saturated heterocycles. The third-order valence-corrected chi connectivity index (χ3v) is 4.59. The van der Waals surface area contributed by atoms with Crippen LogP contribution in [0, 0.1) is 0 Å². The molecule has 0 radical (unpaired) electrons. The van der Waals surface area contributed by atoms with Crippen molar-refractivity contribution >= 4 is 17.6 Å². The van der Waals surface area contributed by atoms with Crippen molar-refractivity contribution in [1.29, 1.82) is 0 Å². The lowest BCUT2D eigenvalue weighted by Gasteiger charge is -2.33. The number of nitrogens with one attached hydrogen (secondary N) is 1. The number of hydrogen-bond acceptors (Lipinski definition) is 4. The quantitative estimate of drug-likeness (QED) is 0.755. The summed E-state index contributed by atoms with van der Waals surface area (Å²) in [4.78, 5) is 11.7. The van der Waals surface area contributed by atoms with Crippen LogP contribution in [0.4, 0.5) is 0 Å². The minimum absolute atomic E-state index is 0.204. The average molecular weight is 336 g/mol. The van der Waals surface area contributed by atoms with Crippen molar-refractivity contribution in [3.8, 4) is 0 Å². The smallest absolute Gasteiger partial charge is 0.341 e. The first-order chi connectivity index (χ1) is 11.1. The molecule has 1 aromatic heterocycles. The van der Waals surface area contributed by atoms with Gasteiger partial charge in [-0.25, -0.2) is 4.79 Å². The molecule has 0 aliphatic rings. The zero-order valence-corrected chi connectivity index (χ0v) is 14.4. The van der Waals surface area contributed by atoms with E-state index in [4.69, 9.17) is 20.8 Å². The van der Waals surface area contributed by atoms with Crippen LogP contribution < -0.4 is 5.32 Å². The van der Waals surface area contributed by atoms with Crippen LogP contribution in [0.25, 0.3) is 0 Å². The van der Waals surface area contributed by atoms with Gasteiger partial charge in [-0.05, 0) is 36.6 Å². The summed E-state index contributed by atoms with van der Waals surface area (Å²) < 4.78 is 10.2. The number of benzene rings is 1. The van der Waals surface area contributed by atoms with Gasteiger partial charge in [0.25, 0.3) is 0 Å². The Hall–Kier alpha value is -1.78. The molecule has 1 aromatic carbocycles. The van der Waals surface area contributed by atoms with Gasteiger partial charge in [0, 0.05) is 10.6 Å². The van der Waals surface area contributed by atoms with Crippen molar-refractivity contribution in [2.45, 2.75) is 38.8 Å². The number of methoxy groups -OCH3 is 1. The van der Waals surface area contributed by atoms with Gasteiger partial charge in [-0.3, -0.25) is 0 Å². The second-order valence-corrected chi connectivity index (χ2v) is 5.84. The second kappa shape index (κ2) is 7.66. The topological polar surface area (TPSA) is 51.5 Å². The molecule has 124 valence electrons. The van der Waals surface area contributed by atoms with Crippen molar-refractivity contribution in [2.75, 3.05) is 7.11 Å². The highest BCUT2D eigenvalue weighted by Crippen LogP contribution is 2.30. The number of rotatable bonds is 7. The minimum atomic E-state index is -0.388. The van der Waals surface area contributed by atoms with E-state index in [9.17, 15) is 4.79 Å². The van der Waals surface area contributed by atoms with Gasteiger partial charge in [0.2, 0.25) is 0 Å². The number of halogens is 1. The lowest BCUT2D eigenvalue weighted by Crippen LogP contribution is -2.41. The molecule has 0 spiro atoms. The maximum absolute atomic E-state index is 11.7. The largest absolute Gasteiger partial charge is 0.467 e. The summed E-state index contributed by atoms with van der Waals surface area (Å²) in [5.74, 6) is 0.192. The van der Waals surface area contributed by atoms with Crippen molar-refractivity contribution < 1.29 is 13.9 Å². The Morgan fingerprint density at radius 3 is 2.43 bits per heavy atom. The number of furan rings is 1. The standard InChI is InChI=1S/C18H22ClNO3/c1-4-18(5-2,13-6-8-14(19)9-7-13)20-12-16-15(10-11-23-16)17(21)22-3/h6-11,20H,4-5,12H2,1-3H3. The Labute approximate surface area is 141 Å². The van der Waals surface area contributed by atoms with E-state index in [1.807, 2.05) is 24.3 Å². The summed E-state index contributed by atoms with van der Waals surface area (Å²) in [5, 5.41) is 4.26. The average Bonchev–Trinajstić information content (AvgIpc) is 3.05. The Balaban J connectivity index is 2.22. The fourth-order valence-corrected chi connectivity index (χ4v) is 2.92. The zero-order chi connectivity index (χ0) is 16.9. The van der Waals surface area contributed by atoms with Crippen LogP contribution in [0.2, 0.25) is 5.02 Å². The lowest BCUT2D eigenvalue weighted by atomic mass is 9.84. The Morgan fingerprint density at radius 2 is 1.87 bits per heavy atom. The van der Waals surface area contributed by atoms with Gasteiger partial charge in [-0.15, -0.1) is 0 Å². The monoisotopic (exact) mass is 335 g/mol. The minimum Gasteiger partial charge on any atom is -0.467 e. The molecule has 0 atom stereocenters. The molecular weight excluding hydrogens is 314 g/mol. The van der Waals surface area contributed by atoms with Crippen molar-refractivity contribution in [3.63, 3.8) is 0 Å². The van der Waals surface area contributed by atoms with Crippen LogP contribution in [0.15, 0.2) is 41.0 Å². The summed E-state index contributed by atoms with van der Waals surface area (Å²) in [5.41, 5.74) is 1.42. The second-order valence-electron chi connectivity index (χ2n) is 5.40. The van der Waals surface area contributed by atoms with Gasteiger partial charge in [0.1, 0.15) is 11.3 Å². The fourth-order valence-electron chi connectivity index (χ4n) is 2.80. The molecule has 2 rings (SSSR count). The Morgan fingerprint density at radius 1 is 1.22 bits per heavy atom. The maximum atomic E-state index is 11.7. The summed E-state index contributed by atoms with van der Waals surface area (Å²) in [6.45, 7) is 4.71. The summed E-state index contributed by atoms with van der Waals surface area (Å²) in [6.07, 6.45) is 3.31. The molecule has 0 aliphatic carbocycles. The first kappa shape index (κ1) is 17.6. The molecular formula is C18H22ClNO3. The summed E-state index contributed by atoms with van der Waals surface area (Å²) in [7, 11) is 1.36. The highest BCUT2D eigenvalue weighted by Gasteiger charge is 2.29. The number of ether oxygens (including phenoxy) is 1. The molecule has 1 heterocycles. The van der Waals surface area contributed by atoms with Gasteiger partial charge >= 0.3 is 5.97 Å². The van der Waals surface area contributed by atoms with E-state index in [0.29, 0.717) is 22.9 Å². The first-order valence-corrected chi connectivity index (χ1v) is 8.10. The fraction of sp³-hybridized carbons (Fsp3) is 0.389. The molecule has 23 heavy (non-hydrogen) atoms. The zero-order valence-electron chi connectivity index (χ0n) is 13.7. The highest BCUT2D eigenvalue weighted by molar-refractivity contribution is 6.30. The van der Waals surface area contributed by atoms with E-state index in [-0.39, 0.29) is 11.5 Å². The van der Waals surface area contributed by atoms with Gasteiger partial charge in [0.05, 0.1) is 19.9 Å². The van der Waals surface area contributed by atoms with Gasteiger partial charge in [0.15, 0.2) is 0 Å². The van der Waals surface area contributed by atoms with Crippen molar-refractivity contribution in [1.82, 2.24) is 5.32 Å². The van der Waals surface area contributed by atoms with Crippen LogP contribution in [-0.4, -0.2) is 13.1 Å². The van der Waals surface area contributed by atoms with E-state index in [1.165, 1.54) is 13.4 Å². The first-order valence-electron chi connectivity index (χ1n) is 7.72. The molecule has 0 saturated carbocycles. The van der Waals surface area contributed by atoms with Crippen molar-refractivity contribution in [3.05, 3.63) is 58.5 Å². The van der Waals surface area contributed by atoms with E-state index in [1.54, 1.807) is 6.07 Å². The van der Waals surface area contributed by atoms with Crippen LogP contribution in [0.5, 0.6) is 0 Å². The molecule has 1 N–H and O–H groups in total. The van der Waals surface area contributed by atoms with E-state index in [2.05, 4.69) is 19.2 Å². The predicted molar refractivity (Wildman–Crippen MR) is 90.6 cm³/mol. The van der Waals surface area contributed by atoms with Crippen LogP contribution in [-0.2, 0) is 16.8 Å². The SMILES string of the molecule is CCC(CC)(NCc1occc1C(=O)OC)c1ccc(Cl)cc1. The summed E-state index contributed by atoms with van der Waals surface area (Å²) >= 11 is 5.99. The van der Waals surface area contributed by atoms with E-state index < -0.39 is 0 Å². The third-order valence-electron chi connectivity index (χ3n) is 4.34. The third kappa shape index (κ3) is 3.77. The molecule has 0 amide bonds. The number of esters is 1. The lowest BCUT2D eigenvalue weighted by molar-refractivity contribution is 0.0597. The van der Waals surface area contributed by atoms with Crippen LogP contribution in [0.3, 0.4) is 0 Å². The van der Waals surface area contributed by atoms with E-state index in [0.717, 1.165) is 18.4 Å². The van der Waals surface area contributed by atoms with Crippen LogP contribution >= 0.6 is 11.6 Å². The number of hydrogen-bond donors (Lipinski definition) is 1. The molecule has 0 fully saturated rings. The van der Waals surface area contributed by atoms with Gasteiger partial charge in [-0.2, -0.15) is 0 Å². The number of carbonyl (C=O) groups is 1. The molecule has 2 aromatic rings. The normalized spacial score (nSPS) is 11.5. The predicted octanol–water partition coefficient (Wildman–Crippen LogP) is 4.52. The van der Waals surface area contributed by atoms with Gasteiger partial charge in [-0.1, -0.05) is 37.6 Å². The van der Waals surface area contributed by atoms with Crippen molar-refractivity contribution in [2.24, 2.45) is 0 Å². The molecule has 5 heteroatoms. The Bertz CT molecular complexity index is 645. The van der Waals surface area contributed by atoms with Crippen LogP contribution in [0.1, 0.15) is 48.4 Å². The Kier molecular flexibility index (Phi) is 5.85. The molecule has 0 unspecified atom stereocenters. The number of carbonyl (C=O) groups excluding carboxylic acids is 1. The van der Waals surface area contributed by atoms with Gasteiger partial charge < -0.3 is 14.5 Å². The molecule has 0 aliphatic heterocycles. The van der Waals surface area contributed by atoms with E-state index >= 15 is 0 Å². The highest BCUT2D eigenvalue weighted by atomic mass is 35.5. The maximum Gasteiger partial charge on any atom is 0.341 e. The molecule has 0 bridgehead atoms. The molecule has 4 nitrogen and oxygen atoms in total.